The van der Waals surface area contributed by atoms with Gasteiger partial charge < -0.3 is 20.9 Å². The minimum Gasteiger partial charge on any atom is -0.369 e. The molecule has 1 aromatic heterocycles. The van der Waals surface area contributed by atoms with Crippen LogP contribution in [0.5, 0.6) is 0 Å². The van der Waals surface area contributed by atoms with E-state index >= 15 is 4.39 Å². The molecule has 2 aromatic rings. The highest BCUT2D eigenvalue weighted by Crippen LogP contribution is 2.36. The molecule has 2 saturated heterocycles. The number of hydrazone groups is 1. The maximum Gasteiger partial charge on any atom is 0.250 e. The first-order valence-electron chi connectivity index (χ1n) is 15.4. The smallest absolute Gasteiger partial charge is 0.250 e. The van der Waals surface area contributed by atoms with Gasteiger partial charge in [0.25, 0.3) is 5.95 Å². The summed E-state index contributed by atoms with van der Waals surface area (Å²) in [6.07, 6.45) is 19.2. The highest BCUT2D eigenvalue weighted by Gasteiger charge is 2.28. The molecule has 3 N–H and O–H groups in total. The van der Waals surface area contributed by atoms with Gasteiger partial charge >= 0.3 is 0 Å². The molecular weight excluding hydrogens is 529 g/mol. The molecule has 10 heteroatoms. The fourth-order valence-electron chi connectivity index (χ4n) is 6.96. The molecule has 0 unspecified atom stereocenters. The Morgan fingerprint density at radius 2 is 1.83 bits per heavy atom. The molecule has 9 nitrogen and oxygen atoms in total. The van der Waals surface area contributed by atoms with E-state index in [2.05, 4.69) is 55.5 Å². The maximum atomic E-state index is 15.3. The standard InChI is InChI=1S/C32H40FN9/c1-22-11-15-39(16-12-22)26-13-17-40(18-14-26)30-10-9-25(19-29(30)33)36-32-37-31(34)42(38-32)41-21-24-7-4-6-23-5-2-3-8-27(23)28(24)20-35-41/h2-3,5,9-10,19-22,26H,4,6-8,11-18H2,1H3,(H3,34,36,37,38). The Kier molecular flexibility index (Phi) is 7.31. The van der Waals surface area contributed by atoms with E-state index in [1.165, 1.54) is 59.1 Å². The molecule has 0 atom stereocenters. The first kappa shape index (κ1) is 26.9. The summed E-state index contributed by atoms with van der Waals surface area (Å²) < 4.78 is 15.3. The van der Waals surface area contributed by atoms with Crippen LogP contribution < -0.4 is 21.1 Å². The van der Waals surface area contributed by atoms with Crippen molar-refractivity contribution in [1.82, 2.24) is 19.8 Å². The van der Waals surface area contributed by atoms with Gasteiger partial charge in [-0.05, 0) is 105 Å². The summed E-state index contributed by atoms with van der Waals surface area (Å²) >= 11 is 0. The summed E-state index contributed by atoms with van der Waals surface area (Å²) in [4.78, 5) is 10.7. The number of fused-ring (bicyclic) bond motifs is 2. The number of anilines is 4. The molecule has 7 rings (SSSR count). The van der Waals surface area contributed by atoms with Gasteiger partial charge in [-0.25, -0.2) is 4.39 Å². The molecule has 2 fully saturated rings. The average molecular weight is 570 g/mol. The van der Waals surface area contributed by atoms with E-state index < -0.39 is 0 Å². The highest BCUT2D eigenvalue weighted by molar-refractivity contribution is 5.89. The van der Waals surface area contributed by atoms with E-state index in [9.17, 15) is 0 Å². The Morgan fingerprint density at radius 1 is 1.02 bits per heavy atom. The Labute approximate surface area is 246 Å². The second kappa shape index (κ2) is 11.4. The summed E-state index contributed by atoms with van der Waals surface area (Å²) in [7, 11) is 0. The number of piperidine rings is 2. The summed E-state index contributed by atoms with van der Waals surface area (Å²) in [6, 6.07) is 5.86. The van der Waals surface area contributed by atoms with Gasteiger partial charge in [0.2, 0.25) is 5.95 Å². The van der Waals surface area contributed by atoms with Crippen molar-refractivity contribution in [2.24, 2.45) is 11.0 Å². The Morgan fingerprint density at radius 3 is 2.64 bits per heavy atom. The molecule has 0 spiro atoms. The molecule has 4 heterocycles. The van der Waals surface area contributed by atoms with Crippen molar-refractivity contribution in [3.63, 3.8) is 0 Å². The third-order valence-electron chi connectivity index (χ3n) is 9.44. The average Bonchev–Trinajstić information content (AvgIpc) is 3.26. The van der Waals surface area contributed by atoms with Crippen molar-refractivity contribution in [3.8, 4) is 0 Å². The molecule has 5 aliphatic rings. The third kappa shape index (κ3) is 5.35. The summed E-state index contributed by atoms with van der Waals surface area (Å²) in [6.45, 7) is 6.50. The normalized spacial score (nSPS) is 22.0. The number of nitrogens with two attached hydrogens (primary N) is 1. The first-order valence-corrected chi connectivity index (χ1v) is 15.4. The van der Waals surface area contributed by atoms with E-state index in [0.717, 1.165) is 57.5 Å². The predicted molar refractivity (Wildman–Crippen MR) is 167 cm³/mol. The van der Waals surface area contributed by atoms with Crippen molar-refractivity contribution in [2.75, 3.05) is 47.2 Å². The van der Waals surface area contributed by atoms with Crippen molar-refractivity contribution in [2.45, 2.75) is 64.3 Å². The van der Waals surface area contributed by atoms with Gasteiger partial charge in [-0.15, -0.1) is 9.89 Å². The van der Waals surface area contributed by atoms with Gasteiger partial charge in [-0.2, -0.15) is 15.2 Å². The highest BCUT2D eigenvalue weighted by atomic mass is 19.1. The topological polar surface area (TPSA) is 90.8 Å². The molecule has 0 bridgehead atoms. The predicted octanol–water partition coefficient (Wildman–Crippen LogP) is 5.63. The molecule has 220 valence electrons. The van der Waals surface area contributed by atoms with Crippen LogP contribution in [0.1, 0.15) is 58.3 Å². The van der Waals surface area contributed by atoms with Crippen molar-refractivity contribution in [1.29, 1.82) is 0 Å². The van der Waals surface area contributed by atoms with E-state index in [0.29, 0.717) is 17.4 Å². The monoisotopic (exact) mass is 569 g/mol. The maximum absolute atomic E-state index is 15.3. The van der Waals surface area contributed by atoms with Crippen LogP contribution in [0, 0.1) is 11.7 Å². The number of allylic oxidation sites excluding steroid dienone is 7. The van der Waals surface area contributed by atoms with Crippen LogP contribution in [0.15, 0.2) is 70.0 Å². The summed E-state index contributed by atoms with van der Waals surface area (Å²) in [5.41, 5.74) is 12.6. The Balaban J connectivity index is 1.01. The Hall–Kier alpha value is -3.92. The second-order valence-corrected chi connectivity index (χ2v) is 12.2. The summed E-state index contributed by atoms with van der Waals surface area (Å²) in [5, 5.41) is 13.9. The number of likely N-dealkylation sites (tertiary alicyclic amines) is 1. The third-order valence-corrected chi connectivity index (χ3v) is 9.44. The van der Waals surface area contributed by atoms with Crippen molar-refractivity contribution < 1.29 is 4.39 Å². The number of nitrogens with one attached hydrogen (secondary N) is 1. The molecule has 0 saturated carbocycles. The fourth-order valence-corrected chi connectivity index (χ4v) is 6.96. The van der Waals surface area contributed by atoms with E-state index in [4.69, 9.17) is 5.73 Å². The van der Waals surface area contributed by atoms with Crippen LogP contribution in [0.25, 0.3) is 0 Å². The molecule has 3 aliphatic heterocycles. The zero-order chi connectivity index (χ0) is 28.6. The molecule has 0 amide bonds. The number of nitrogens with zero attached hydrogens (tertiary/aromatic N) is 7. The van der Waals surface area contributed by atoms with Crippen LogP contribution in [-0.2, 0) is 0 Å². The zero-order valence-electron chi connectivity index (χ0n) is 24.3. The molecule has 2 aliphatic carbocycles. The van der Waals surface area contributed by atoms with Crippen molar-refractivity contribution >= 4 is 29.5 Å². The number of nitrogen functional groups attached to an aromatic ring is 1. The van der Waals surface area contributed by atoms with Gasteiger partial charge in [-0.3, -0.25) is 0 Å². The van der Waals surface area contributed by atoms with Crippen LogP contribution >= 0.6 is 0 Å². The van der Waals surface area contributed by atoms with E-state index in [-0.39, 0.29) is 17.7 Å². The number of rotatable bonds is 5. The van der Waals surface area contributed by atoms with Crippen LogP contribution in [-0.4, -0.2) is 58.2 Å². The van der Waals surface area contributed by atoms with Crippen LogP contribution in [0.2, 0.25) is 0 Å². The van der Waals surface area contributed by atoms with Gasteiger partial charge in [-0.1, -0.05) is 25.2 Å². The number of halogens is 1. The van der Waals surface area contributed by atoms with Gasteiger partial charge in [0.1, 0.15) is 5.82 Å². The number of hydrogen-bond donors (Lipinski definition) is 2. The minimum atomic E-state index is -0.247. The number of aromatic nitrogens is 3. The van der Waals surface area contributed by atoms with Gasteiger partial charge in [0.15, 0.2) is 0 Å². The second-order valence-electron chi connectivity index (χ2n) is 12.2. The van der Waals surface area contributed by atoms with Crippen LogP contribution in [0.3, 0.4) is 0 Å². The summed E-state index contributed by atoms with van der Waals surface area (Å²) in [5.74, 6) is 1.08. The van der Waals surface area contributed by atoms with Crippen molar-refractivity contribution in [3.05, 3.63) is 70.7 Å². The minimum absolute atomic E-state index is 0.195. The number of benzene rings is 1. The van der Waals surface area contributed by atoms with Crippen LogP contribution in [0.4, 0.5) is 27.7 Å². The lowest BCUT2D eigenvalue weighted by atomic mass is 9.91. The van der Waals surface area contributed by atoms with E-state index in [1.807, 2.05) is 24.5 Å². The van der Waals surface area contributed by atoms with Gasteiger partial charge in [0, 0.05) is 30.4 Å². The lowest BCUT2D eigenvalue weighted by Gasteiger charge is -2.42. The molecule has 0 radical (unpaired) electrons. The fraction of sp³-hybridized carbons (Fsp3) is 0.469. The quantitative estimate of drug-likeness (QED) is 0.482. The van der Waals surface area contributed by atoms with Gasteiger partial charge in [0.05, 0.1) is 18.1 Å². The molecular formula is C32H40FN9. The number of hydrogen-bond acceptors (Lipinski definition) is 8. The lowest BCUT2D eigenvalue weighted by molar-refractivity contribution is 0.120. The van der Waals surface area contributed by atoms with E-state index in [1.54, 1.807) is 5.12 Å². The largest absolute Gasteiger partial charge is 0.369 e. The molecule has 1 aromatic carbocycles. The first-order chi connectivity index (χ1) is 20.5. The SMILES string of the molecule is CC1CCN(C2CCN(c3ccc(Nc4nc(N)n(N5C=C6CCCC7=CC=CCC7=C6C=N5)n4)cc3F)CC2)CC1. The lowest BCUT2D eigenvalue weighted by Crippen LogP contribution is -2.47. The Bertz CT molecular complexity index is 1480. The zero-order valence-corrected chi connectivity index (χ0v) is 24.3. The molecule has 42 heavy (non-hydrogen) atoms.